The SMILES string of the molecule is COC1(C(F)(F)F)CC(C(=O)N2CCCC2C(C)c2ccccc2)C1. The summed E-state index contributed by atoms with van der Waals surface area (Å²) in [4.78, 5) is 14.6. The van der Waals surface area contributed by atoms with Gasteiger partial charge in [-0.25, -0.2) is 0 Å². The van der Waals surface area contributed by atoms with Gasteiger partial charge in [0.05, 0.1) is 0 Å². The summed E-state index contributed by atoms with van der Waals surface area (Å²) in [5.41, 5.74) is -0.990. The second-order valence-electron chi connectivity index (χ2n) is 7.24. The molecule has 2 unspecified atom stereocenters. The van der Waals surface area contributed by atoms with Crippen molar-refractivity contribution in [2.24, 2.45) is 5.92 Å². The van der Waals surface area contributed by atoms with Gasteiger partial charge >= 0.3 is 6.18 Å². The summed E-state index contributed by atoms with van der Waals surface area (Å²) in [6.07, 6.45) is -3.18. The van der Waals surface area contributed by atoms with E-state index >= 15 is 0 Å². The van der Waals surface area contributed by atoms with Crippen LogP contribution in [0.15, 0.2) is 30.3 Å². The van der Waals surface area contributed by atoms with E-state index in [9.17, 15) is 18.0 Å². The van der Waals surface area contributed by atoms with E-state index in [1.54, 1.807) is 4.90 Å². The normalized spacial score (nSPS) is 30.8. The molecule has 1 heterocycles. The molecule has 0 aromatic heterocycles. The van der Waals surface area contributed by atoms with Gasteiger partial charge in [-0.15, -0.1) is 0 Å². The van der Waals surface area contributed by atoms with Crippen LogP contribution in [0.2, 0.25) is 0 Å². The van der Waals surface area contributed by atoms with Gasteiger partial charge in [0.25, 0.3) is 0 Å². The van der Waals surface area contributed by atoms with Crippen molar-refractivity contribution in [3.05, 3.63) is 35.9 Å². The summed E-state index contributed by atoms with van der Waals surface area (Å²) in [7, 11) is 1.07. The van der Waals surface area contributed by atoms with Gasteiger partial charge in [-0.2, -0.15) is 13.2 Å². The first-order valence-corrected chi connectivity index (χ1v) is 8.76. The molecular formula is C19H24F3NO2. The smallest absolute Gasteiger partial charge is 0.369 e. The average molecular weight is 355 g/mol. The zero-order valence-electron chi connectivity index (χ0n) is 14.6. The molecule has 0 N–H and O–H groups in total. The number of hydrogen-bond acceptors (Lipinski definition) is 2. The highest BCUT2D eigenvalue weighted by atomic mass is 19.4. The maximum absolute atomic E-state index is 13.1. The van der Waals surface area contributed by atoms with Gasteiger partial charge in [-0.3, -0.25) is 4.79 Å². The maximum Gasteiger partial charge on any atom is 0.417 e. The molecular weight excluding hydrogens is 331 g/mol. The molecule has 1 saturated heterocycles. The van der Waals surface area contributed by atoms with E-state index < -0.39 is 17.7 Å². The standard InChI is InChI=1S/C19H24F3NO2/c1-13(14-7-4-3-5-8-14)16-9-6-10-23(16)17(24)15-11-18(12-15,25-2)19(20,21)22/h3-5,7-8,13,15-16H,6,9-12H2,1-2H3. The van der Waals surface area contributed by atoms with E-state index in [-0.39, 0.29) is 30.7 Å². The quantitative estimate of drug-likeness (QED) is 0.812. The Morgan fingerprint density at radius 3 is 2.48 bits per heavy atom. The molecule has 2 fully saturated rings. The first-order valence-electron chi connectivity index (χ1n) is 8.76. The molecule has 1 aliphatic heterocycles. The minimum Gasteiger partial charge on any atom is -0.369 e. The number of alkyl halides is 3. The third-order valence-electron chi connectivity index (χ3n) is 5.89. The molecule has 25 heavy (non-hydrogen) atoms. The minimum atomic E-state index is -4.43. The number of rotatable bonds is 4. The molecule has 1 saturated carbocycles. The Morgan fingerprint density at radius 1 is 1.28 bits per heavy atom. The van der Waals surface area contributed by atoms with Crippen molar-refractivity contribution in [1.82, 2.24) is 4.90 Å². The van der Waals surface area contributed by atoms with Crippen molar-refractivity contribution in [2.45, 2.75) is 56.3 Å². The number of methoxy groups -OCH3 is 1. The zero-order valence-corrected chi connectivity index (χ0v) is 14.6. The van der Waals surface area contributed by atoms with Crippen molar-refractivity contribution < 1.29 is 22.7 Å². The summed E-state index contributed by atoms with van der Waals surface area (Å²) in [5.74, 6) is -0.574. The van der Waals surface area contributed by atoms with Crippen molar-refractivity contribution in [3.63, 3.8) is 0 Å². The topological polar surface area (TPSA) is 29.5 Å². The van der Waals surface area contributed by atoms with Crippen LogP contribution in [0, 0.1) is 5.92 Å². The molecule has 1 aromatic carbocycles. The molecule has 1 amide bonds. The van der Waals surface area contributed by atoms with Gasteiger partial charge in [-0.05, 0) is 31.2 Å². The highest BCUT2D eigenvalue weighted by molar-refractivity contribution is 5.81. The lowest BCUT2D eigenvalue weighted by molar-refractivity contribution is -0.306. The Bertz CT molecular complexity index is 611. The fourth-order valence-corrected chi connectivity index (χ4v) is 4.22. The van der Waals surface area contributed by atoms with Crippen molar-refractivity contribution in [3.8, 4) is 0 Å². The van der Waals surface area contributed by atoms with Gasteiger partial charge in [-0.1, -0.05) is 37.3 Å². The fourth-order valence-electron chi connectivity index (χ4n) is 4.22. The molecule has 2 atom stereocenters. The Morgan fingerprint density at radius 2 is 1.92 bits per heavy atom. The van der Waals surface area contributed by atoms with Gasteiger partial charge in [0.2, 0.25) is 5.91 Å². The predicted octanol–water partition coefficient (Wildman–Crippen LogP) is 4.14. The van der Waals surface area contributed by atoms with Crippen LogP contribution >= 0.6 is 0 Å². The van der Waals surface area contributed by atoms with Gasteiger partial charge in [0.1, 0.15) is 0 Å². The van der Waals surface area contributed by atoms with Crippen LogP contribution in [0.5, 0.6) is 0 Å². The molecule has 3 rings (SSSR count). The maximum atomic E-state index is 13.1. The largest absolute Gasteiger partial charge is 0.417 e. The molecule has 1 aromatic rings. The van der Waals surface area contributed by atoms with Crippen LogP contribution in [-0.2, 0) is 9.53 Å². The number of amides is 1. The Labute approximate surface area is 146 Å². The second-order valence-corrected chi connectivity index (χ2v) is 7.24. The minimum absolute atomic E-state index is 0.0540. The highest BCUT2D eigenvalue weighted by Gasteiger charge is 2.64. The molecule has 138 valence electrons. The van der Waals surface area contributed by atoms with Crippen LogP contribution in [0.1, 0.15) is 44.1 Å². The lowest BCUT2D eigenvalue weighted by atomic mass is 9.69. The number of carbonyl (C=O) groups is 1. The lowest BCUT2D eigenvalue weighted by Crippen LogP contribution is -2.60. The van der Waals surface area contributed by atoms with Crippen LogP contribution < -0.4 is 0 Å². The lowest BCUT2D eigenvalue weighted by Gasteiger charge is -2.48. The molecule has 2 aliphatic rings. The molecule has 3 nitrogen and oxygen atoms in total. The third kappa shape index (κ3) is 3.16. The first kappa shape index (κ1) is 18.2. The molecule has 0 radical (unpaired) electrons. The number of hydrogen-bond donors (Lipinski definition) is 0. The number of benzene rings is 1. The van der Waals surface area contributed by atoms with E-state index in [0.717, 1.165) is 25.5 Å². The summed E-state index contributed by atoms with van der Waals surface area (Å²) < 4.78 is 44.2. The van der Waals surface area contributed by atoms with E-state index in [0.29, 0.717) is 6.54 Å². The van der Waals surface area contributed by atoms with Crippen LogP contribution in [0.25, 0.3) is 0 Å². The highest BCUT2D eigenvalue weighted by Crippen LogP contribution is 2.52. The number of carbonyl (C=O) groups excluding carboxylic acids is 1. The van der Waals surface area contributed by atoms with Crippen molar-refractivity contribution in [2.75, 3.05) is 13.7 Å². The molecule has 1 aliphatic carbocycles. The first-order chi connectivity index (χ1) is 11.8. The number of ether oxygens (including phenoxy) is 1. The summed E-state index contributed by atoms with van der Waals surface area (Å²) in [6, 6.07) is 10.0. The second kappa shape index (κ2) is 6.63. The van der Waals surface area contributed by atoms with E-state index in [1.807, 2.05) is 30.3 Å². The van der Waals surface area contributed by atoms with Crippen molar-refractivity contribution >= 4 is 5.91 Å². The monoisotopic (exact) mass is 355 g/mol. The Hall–Kier alpha value is -1.56. The fraction of sp³-hybridized carbons (Fsp3) is 0.632. The van der Waals surface area contributed by atoms with Gasteiger partial charge in [0, 0.05) is 31.5 Å². The average Bonchev–Trinajstić information content (AvgIpc) is 3.02. The predicted molar refractivity (Wildman–Crippen MR) is 88.1 cm³/mol. The van der Waals surface area contributed by atoms with E-state index in [2.05, 4.69) is 6.92 Å². The Balaban J connectivity index is 1.68. The van der Waals surface area contributed by atoms with Gasteiger partial charge < -0.3 is 9.64 Å². The zero-order chi connectivity index (χ0) is 18.2. The van der Waals surface area contributed by atoms with Crippen LogP contribution in [-0.4, -0.2) is 42.3 Å². The van der Waals surface area contributed by atoms with Crippen molar-refractivity contribution in [1.29, 1.82) is 0 Å². The Kier molecular flexibility index (Phi) is 4.84. The van der Waals surface area contributed by atoms with Crippen LogP contribution in [0.3, 0.4) is 0 Å². The number of likely N-dealkylation sites (tertiary alicyclic amines) is 1. The molecule has 0 spiro atoms. The molecule has 6 heteroatoms. The van der Waals surface area contributed by atoms with E-state index in [4.69, 9.17) is 4.74 Å². The third-order valence-corrected chi connectivity index (χ3v) is 5.89. The summed E-state index contributed by atoms with van der Waals surface area (Å²) in [6.45, 7) is 2.71. The molecule has 0 bridgehead atoms. The number of halogens is 3. The van der Waals surface area contributed by atoms with Gasteiger partial charge in [0.15, 0.2) is 5.60 Å². The van der Waals surface area contributed by atoms with E-state index in [1.165, 1.54) is 0 Å². The van der Waals surface area contributed by atoms with Crippen LogP contribution in [0.4, 0.5) is 13.2 Å². The summed E-state index contributed by atoms with van der Waals surface area (Å²) >= 11 is 0. The summed E-state index contributed by atoms with van der Waals surface area (Å²) in [5, 5.41) is 0. The number of nitrogens with zero attached hydrogens (tertiary/aromatic N) is 1.